The Kier molecular flexibility index (Phi) is 4.01. The monoisotopic (exact) mass is 283 g/mol. The van der Waals surface area contributed by atoms with Gasteiger partial charge in [0.05, 0.1) is 18.8 Å². The maximum Gasteiger partial charge on any atom is 0.229 e. The quantitative estimate of drug-likeness (QED) is 0.942. The van der Waals surface area contributed by atoms with Crippen molar-refractivity contribution in [2.45, 2.75) is 6.42 Å². The highest BCUT2D eigenvalue weighted by molar-refractivity contribution is 6.29. The number of nitrogens with one attached hydrogen (secondary N) is 1. The van der Waals surface area contributed by atoms with Gasteiger partial charge in [-0.25, -0.2) is 13.8 Å². The van der Waals surface area contributed by atoms with Crippen molar-refractivity contribution in [3.05, 3.63) is 52.9 Å². The van der Waals surface area contributed by atoms with Gasteiger partial charge in [-0.15, -0.1) is 0 Å². The average Bonchev–Trinajstić information content (AvgIpc) is 2.34. The third kappa shape index (κ3) is 3.69. The second kappa shape index (κ2) is 5.71. The van der Waals surface area contributed by atoms with Crippen LogP contribution in [0.1, 0.15) is 5.56 Å². The van der Waals surface area contributed by atoms with Crippen LogP contribution in [0.2, 0.25) is 5.15 Å². The molecule has 1 heterocycles. The van der Waals surface area contributed by atoms with E-state index in [2.05, 4.69) is 15.3 Å². The van der Waals surface area contributed by atoms with Crippen LogP contribution in [0, 0.1) is 11.6 Å². The smallest absolute Gasteiger partial charge is 0.229 e. The Morgan fingerprint density at radius 3 is 2.74 bits per heavy atom. The van der Waals surface area contributed by atoms with Gasteiger partial charge in [0.1, 0.15) is 5.15 Å². The summed E-state index contributed by atoms with van der Waals surface area (Å²) in [6.45, 7) is 0. The molecule has 0 radical (unpaired) electrons. The fourth-order valence-electron chi connectivity index (χ4n) is 1.42. The number of aromatic nitrogens is 2. The Balaban J connectivity index is 2.03. The van der Waals surface area contributed by atoms with Gasteiger partial charge in [0, 0.05) is 0 Å². The third-order valence-corrected chi connectivity index (χ3v) is 2.40. The van der Waals surface area contributed by atoms with Gasteiger partial charge in [-0.3, -0.25) is 9.78 Å². The van der Waals surface area contributed by atoms with E-state index in [1.165, 1.54) is 18.5 Å². The van der Waals surface area contributed by atoms with Crippen LogP contribution < -0.4 is 5.32 Å². The molecule has 2 rings (SSSR count). The van der Waals surface area contributed by atoms with E-state index < -0.39 is 17.5 Å². The number of rotatable bonds is 3. The first-order valence-electron chi connectivity index (χ1n) is 5.26. The zero-order chi connectivity index (χ0) is 13.8. The minimum Gasteiger partial charge on any atom is -0.309 e. The van der Waals surface area contributed by atoms with E-state index in [1.54, 1.807) is 0 Å². The lowest BCUT2D eigenvalue weighted by molar-refractivity contribution is -0.115. The van der Waals surface area contributed by atoms with Gasteiger partial charge in [-0.2, -0.15) is 0 Å². The third-order valence-electron chi connectivity index (χ3n) is 2.22. The Morgan fingerprint density at radius 1 is 1.26 bits per heavy atom. The second-order valence-electron chi connectivity index (χ2n) is 3.70. The number of carbonyl (C=O) groups is 1. The molecule has 0 spiro atoms. The van der Waals surface area contributed by atoms with E-state index in [1.807, 2.05) is 0 Å². The van der Waals surface area contributed by atoms with Crippen molar-refractivity contribution in [2.24, 2.45) is 0 Å². The highest BCUT2D eigenvalue weighted by atomic mass is 35.5. The van der Waals surface area contributed by atoms with E-state index in [0.717, 1.165) is 12.1 Å². The Morgan fingerprint density at radius 2 is 2.05 bits per heavy atom. The number of hydrogen-bond acceptors (Lipinski definition) is 3. The number of hydrogen-bond donors (Lipinski definition) is 1. The van der Waals surface area contributed by atoms with E-state index in [-0.39, 0.29) is 17.4 Å². The van der Waals surface area contributed by atoms with Crippen molar-refractivity contribution < 1.29 is 13.6 Å². The lowest BCUT2D eigenvalue weighted by Crippen LogP contribution is -2.15. The van der Waals surface area contributed by atoms with Crippen LogP contribution in [0.5, 0.6) is 0 Å². The van der Waals surface area contributed by atoms with Gasteiger partial charge < -0.3 is 5.32 Å². The number of anilines is 1. The molecule has 0 aliphatic heterocycles. The number of halogens is 3. The summed E-state index contributed by atoms with van der Waals surface area (Å²) >= 11 is 5.61. The Labute approximate surface area is 112 Å². The van der Waals surface area contributed by atoms with Crippen molar-refractivity contribution in [1.29, 1.82) is 0 Å². The lowest BCUT2D eigenvalue weighted by Gasteiger charge is -2.04. The molecule has 2 aromatic rings. The first-order chi connectivity index (χ1) is 9.04. The molecule has 0 saturated heterocycles. The fraction of sp³-hybridized carbons (Fsp3) is 0.0833. The van der Waals surface area contributed by atoms with Crippen LogP contribution >= 0.6 is 11.6 Å². The molecule has 0 fully saturated rings. The topological polar surface area (TPSA) is 54.9 Å². The maximum absolute atomic E-state index is 13.0. The Bertz CT molecular complexity index is 622. The molecule has 0 aliphatic carbocycles. The van der Waals surface area contributed by atoms with Crippen LogP contribution in [0.15, 0.2) is 30.6 Å². The SMILES string of the molecule is O=C(Cc1ccc(F)c(F)c1)Nc1cncc(Cl)n1. The molecular weight excluding hydrogens is 276 g/mol. The van der Waals surface area contributed by atoms with Crippen molar-refractivity contribution in [3.63, 3.8) is 0 Å². The molecular formula is C12H8ClF2N3O. The van der Waals surface area contributed by atoms with Crippen molar-refractivity contribution in [3.8, 4) is 0 Å². The summed E-state index contributed by atoms with van der Waals surface area (Å²) in [5.41, 5.74) is 0.353. The number of nitrogens with zero attached hydrogens (tertiary/aromatic N) is 2. The van der Waals surface area contributed by atoms with Crippen LogP contribution in [0.25, 0.3) is 0 Å². The molecule has 98 valence electrons. The average molecular weight is 284 g/mol. The summed E-state index contributed by atoms with van der Waals surface area (Å²) in [6, 6.07) is 3.28. The van der Waals surface area contributed by atoms with Gasteiger partial charge >= 0.3 is 0 Å². The zero-order valence-corrected chi connectivity index (χ0v) is 10.3. The highest BCUT2D eigenvalue weighted by Crippen LogP contribution is 2.11. The predicted octanol–water partition coefficient (Wildman–Crippen LogP) is 2.59. The highest BCUT2D eigenvalue weighted by Gasteiger charge is 2.08. The zero-order valence-electron chi connectivity index (χ0n) is 9.53. The first-order valence-corrected chi connectivity index (χ1v) is 5.64. The van der Waals surface area contributed by atoms with Crippen LogP contribution in [-0.2, 0) is 11.2 Å². The molecule has 7 heteroatoms. The van der Waals surface area contributed by atoms with Crippen molar-refractivity contribution in [2.75, 3.05) is 5.32 Å². The molecule has 1 amide bonds. The molecule has 4 nitrogen and oxygen atoms in total. The van der Waals surface area contributed by atoms with Crippen LogP contribution in [-0.4, -0.2) is 15.9 Å². The van der Waals surface area contributed by atoms with E-state index in [0.29, 0.717) is 5.56 Å². The number of carbonyl (C=O) groups excluding carboxylic acids is 1. The standard InChI is InChI=1S/C12H8ClF2N3O/c13-10-5-16-6-11(17-10)18-12(19)4-7-1-2-8(14)9(15)3-7/h1-3,5-6H,4H2,(H,17,18,19). The minimum absolute atomic E-state index is 0.106. The molecule has 0 aliphatic rings. The van der Waals surface area contributed by atoms with Gasteiger partial charge in [-0.05, 0) is 17.7 Å². The van der Waals surface area contributed by atoms with E-state index in [9.17, 15) is 13.6 Å². The summed E-state index contributed by atoms with van der Waals surface area (Å²) < 4.78 is 25.7. The maximum atomic E-state index is 13.0. The fourth-order valence-corrected chi connectivity index (χ4v) is 1.57. The minimum atomic E-state index is -0.993. The molecule has 1 aromatic heterocycles. The summed E-state index contributed by atoms with van der Waals surface area (Å²) in [4.78, 5) is 19.2. The molecule has 0 bridgehead atoms. The molecule has 1 aromatic carbocycles. The van der Waals surface area contributed by atoms with Crippen molar-refractivity contribution in [1.82, 2.24) is 9.97 Å². The van der Waals surface area contributed by atoms with Gasteiger partial charge in [0.25, 0.3) is 0 Å². The summed E-state index contributed by atoms with van der Waals surface area (Å²) in [5.74, 6) is -2.18. The largest absolute Gasteiger partial charge is 0.309 e. The van der Waals surface area contributed by atoms with E-state index in [4.69, 9.17) is 11.6 Å². The van der Waals surface area contributed by atoms with Gasteiger partial charge in [0.15, 0.2) is 17.5 Å². The Hall–Kier alpha value is -2.08. The summed E-state index contributed by atoms with van der Waals surface area (Å²) in [7, 11) is 0. The van der Waals surface area contributed by atoms with Crippen LogP contribution in [0.4, 0.5) is 14.6 Å². The summed E-state index contributed by atoms with van der Waals surface area (Å²) in [6.07, 6.45) is 2.55. The van der Waals surface area contributed by atoms with Crippen LogP contribution in [0.3, 0.4) is 0 Å². The number of benzene rings is 1. The van der Waals surface area contributed by atoms with Gasteiger partial charge in [-0.1, -0.05) is 17.7 Å². The first kappa shape index (κ1) is 13.4. The number of amides is 1. The van der Waals surface area contributed by atoms with E-state index >= 15 is 0 Å². The molecule has 0 unspecified atom stereocenters. The molecule has 1 N–H and O–H groups in total. The molecule has 19 heavy (non-hydrogen) atoms. The lowest BCUT2D eigenvalue weighted by atomic mass is 10.1. The molecule has 0 atom stereocenters. The second-order valence-corrected chi connectivity index (χ2v) is 4.09. The van der Waals surface area contributed by atoms with Crippen molar-refractivity contribution >= 4 is 23.3 Å². The molecule has 0 saturated carbocycles. The normalized spacial score (nSPS) is 10.3. The van der Waals surface area contributed by atoms with Gasteiger partial charge in [0.2, 0.25) is 5.91 Å². The summed E-state index contributed by atoms with van der Waals surface area (Å²) in [5, 5.41) is 2.60. The predicted molar refractivity (Wildman–Crippen MR) is 65.7 cm³/mol.